The molecule has 1 atom stereocenters. The summed E-state index contributed by atoms with van der Waals surface area (Å²) in [5.41, 5.74) is 11.0. The molecule has 3 heterocycles. The number of nitrogens with two attached hydrogens (primary N) is 1. The van der Waals surface area contributed by atoms with Crippen LogP contribution in [0.1, 0.15) is 33.3 Å². The Kier molecular flexibility index (Phi) is 5.90. The summed E-state index contributed by atoms with van der Waals surface area (Å²) in [6.45, 7) is 3.60. The van der Waals surface area contributed by atoms with Crippen molar-refractivity contribution in [2.75, 3.05) is 26.2 Å². The van der Waals surface area contributed by atoms with E-state index in [1.165, 1.54) is 11.1 Å². The molecule has 2 aliphatic heterocycles. The van der Waals surface area contributed by atoms with E-state index < -0.39 is 5.91 Å². The molecule has 2 aliphatic rings. The number of primary amides is 1. The molecule has 0 saturated carbocycles. The van der Waals surface area contributed by atoms with Gasteiger partial charge in [-0.3, -0.25) is 19.5 Å². The summed E-state index contributed by atoms with van der Waals surface area (Å²) in [5, 5.41) is 0. The van der Waals surface area contributed by atoms with Crippen molar-refractivity contribution in [2.45, 2.75) is 19.2 Å². The zero-order chi connectivity index (χ0) is 22.8. The van der Waals surface area contributed by atoms with Crippen molar-refractivity contribution >= 4 is 11.8 Å². The van der Waals surface area contributed by atoms with Crippen LogP contribution in [0.5, 0.6) is 0 Å². The SMILES string of the molecule is NC(=O)c1cccc(-c2ccc([C@H]3CN(C(=O)CN4Cc5ccccc5C4)CCO3)nc2)c1. The molecule has 0 bridgehead atoms. The van der Waals surface area contributed by atoms with Gasteiger partial charge in [0.25, 0.3) is 0 Å². The van der Waals surface area contributed by atoms with Gasteiger partial charge in [-0.05, 0) is 34.9 Å². The summed E-state index contributed by atoms with van der Waals surface area (Å²) < 4.78 is 5.93. The first-order chi connectivity index (χ1) is 16.1. The number of rotatable bonds is 5. The quantitative estimate of drug-likeness (QED) is 0.656. The van der Waals surface area contributed by atoms with Crippen LogP contribution in [0.4, 0.5) is 0 Å². The molecule has 1 aromatic heterocycles. The van der Waals surface area contributed by atoms with Crippen molar-refractivity contribution in [3.8, 4) is 11.1 Å². The minimum Gasteiger partial charge on any atom is -0.368 e. The molecular weight excluding hydrogens is 416 g/mol. The van der Waals surface area contributed by atoms with Crippen LogP contribution in [-0.4, -0.2) is 52.8 Å². The first-order valence-corrected chi connectivity index (χ1v) is 11.1. The lowest BCUT2D eigenvalue weighted by molar-refractivity contribution is -0.140. The van der Waals surface area contributed by atoms with Crippen molar-refractivity contribution in [1.29, 1.82) is 0 Å². The molecule has 2 amide bonds. The van der Waals surface area contributed by atoms with E-state index in [0.29, 0.717) is 31.8 Å². The lowest BCUT2D eigenvalue weighted by Crippen LogP contribution is -2.46. The zero-order valence-corrected chi connectivity index (χ0v) is 18.3. The van der Waals surface area contributed by atoms with E-state index in [1.54, 1.807) is 24.4 Å². The third-order valence-electron chi connectivity index (χ3n) is 6.28. The molecule has 2 aromatic carbocycles. The summed E-state index contributed by atoms with van der Waals surface area (Å²) in [7, 11) is 0. The van der Waals surface area contributed by atoms with Crippen LogP contribution in [0.25, 0.3) is 11.1 Å². The van der Waals surface area contributed by atoms with Crippen molar-refractivity contribution in [1.82, 2.24) is 14.8 Å². The zero-order valence-electron chi connectivity index (χ0n) is 18.3. The summed E-state index contributed by atoms with van der Waals surface area (Å²) in [6, 6.07) is 19.4. The van der Waals surface area contributed by atoms with Gasteiger partial charge in [-0.1, -0.05) is 42.5 Å². The first-order valence-electron chi connectivity index (χ1n) is 11.1. The second-order valence-corrected chi connectivity index (χ2v) is 8.53. The van der Waals surface area contributed by atoms with Crippen LogP contribution in [0.15, 0.2) is 66.9 Å². The van der Waals surface area contributed by atoms with E-state index in [1.807, 2.05) is 35.2 Å². The maximum absolute atomic E-state index is 13.0. The van der Waals surface area contributed by atoms with Gasteiger partial charge in [0.2, 0.25) is 11.8 Å². The number of hydrogen-bond donors (Lipinski definition) is 1. The van der Waals surface area contributed by atoms with Crippen LogP contribution in [0, 0.1) is 0 Å². The largest absolute Gasteiger partial charge is 0.368 e. The molecule has 1 fully saturated rings. The van der Waals surface area contributed by atoms with E-state index in [9.17, 15) is 9.59 Å². The molecule has 168 valence electrons. The molecule has 7 nitrogen and oxygen atoms in total. The van der Waals surface area contributed by atoms with Gasteiger partial charge in [0.1, 0.15) is 6.10 Å². The molecule has 2 N–H and O–H groups in total. The minimum absolute atomic E-state index is 0.121. The highest BCUT2D eigenvalue weighted by Gasteiger charge is 2.28. The number of benzene rings is 2. The maximum Gasteiger partial charge on any atom is 0.248 e. The van der Waals surface area contributed by atoms with E-state index >= 15 is 0 Å². The Balaban J connectivity index is 1.22. The number of fused-ring (bicyclic) bond motifs is 1. The lowest BCUT2D eigenvalue weighted by Gasteiger charge is -2.33. The number of hydrogen-bond acceptors (Lipinski definition) is 5. The Labute approximate surface area is 192 Å². The van der Waals surface area contributed by atoms with Gasteiger partial charge in [0, 0.05) is 37.0 Å². The number of morpholine rings is 1. The van der Waals surface area contributed by atoms with Gasteiger partial charge in [-0.15, -0.1) is 0 Å². The molecule has 3 aromatic rings. The molecule has 33 heavy (non-hydrogen) atoms. The molecule has 7 heteroatoms. The first kappa shape index (κ1) is 21.3. The van der Waals surface area contributed by atoms with Crippen LogP contribution in [0.3, 0.4) is 0 Å². The second-order valence-electron chi connectivity index (χ2n) is 8.53. The molecule has 0 radical (unpaired) electrons. The number of pyridine rings is 1. The molecule has 0 unspecified atom stereocenters. The summed E-state index contributed by atoms with van der Waals surface area (Å²) in [5.74, 6) is -0.337. The highest BCUT2D eigenvalue weighted by atomic mass is 16.5. The standard InChI is InChI=1S/C26H26N4O3/c27-26(32)19-7-3-6-18(12-19)20-8-9-23(28-13-20)24-16-30(10-11-33-24)25(31)17-29-14-21-4-1-2-5-22(21)15-29/h1-9,12-13,24H,10-11,14-17H2,(H2,27,32)/t24-/m1/s1. The van der Waals surface area contributed by atoms with Gasteiger partial charge in [-0.2, -0.15) is 0 Å². The van der Waals surface area contributed by atoms with Crippen molar-refractivity contribution in [2.24, 2.45) is 5.73 Å². The normalized spacial score (nSPS) is 18.2. The van der Waals surface area contributed by atoms with Gasteiger partial charge < -0.3 is 15.4 Å². The lowest BCUT2D eigenvalue weighted by atomic mass is 10.0. The Morgan fingerprint density at radius 2 is 1.79 bits per heavy atom. The number of carbonyl (C=O) groups excluding carboxylic acids is 2. The number of carbonyl (C=O) groups is 2. The van der Waals surface area contributed by atoms with E-state index in [0.717, 1.165) is 29.9 Å². The Hall–Kier alpha value is -3.55. The van der Waals surface area contributed by atoms with Crippen LogP contribution in [-0.2, 0) is 22.6 Å². The predicted octanol–water partition coefficient (Wildman–Crippen LogP) is 2.76. The van der Waals surface area contributed by atoms with Gasteiger partial charge in [0.15, 0.2) is 0 Å². The van der Waals surface area contributed by atoms with Gasteiger partial charge >= 0.3 is 0 Å². The summed E-state index contributed by atoms with van der Waals surface area (Å²) in [6.07, 6.45) is 1.51. The van der Waals surface area contributed by atoms with Gasteiger partial charge in [0.05, 0.1) is 25.4 Å². The van der Waals surface area contributed by atoms with Gasteiger partial charge in [-0.25, -0.2) is 0 Å². The fraction of sp³-hybridized carbons (Fsp3) is 0.269. The molecule has 1 saturated heterocycles. The number of ether oxygens (including phenoxy) is 1. The Morgan fingerprint density at radius 3 is 2.48 bits per heavy atom. The highest BCUT2D eigenvalue weighted by Crippen LogP contribution is 2.26. The van der Waals surface area contributed by atoms with E-state index in [-0.39, 0.29) is 12.0 Å². The van der Waals surface area contributed by atoms with Crippen LogP contribution < -0.4 is 5.73 Å². The fourth-order valence-corrected chi connectivity index (χ4v) is 4.48. The average molecular weight is 443 g/mol. The third-order valence-corrected chi connectivity index (χ3v) is 6.28. The van der Waals surface area contributed by atoms with E-state index in [4.69, 9.17) is 10.5 Å². The molecule has 0 aliphatic carbocycles. The van der Waals surface area contributed by atoms with Crippen molar-refractivity contribution < 1.29 is 14.3 Å². The second kappa shape index (κ2) is 9.13. The Morgan fingerprint density at radius 1 is 1.00 bits per heavy atom. The van der Waals surface area contributed by atoms with Crippen molar-refractivity contribution in [3.05, 3.63) is 89.2 Å². The fourth-order valence-electron chi connectivity index (χ4n) is 4.48. The smallest absolute Gasteiger partial charge is 0.248 e. The molecular formula is C26H26N4O3. The Bertz CT molecular complexity index is 1150. The maximum atomic E-state index is 13.0. The molecule has 0 spiro atoms. The minimum atomic E-state index is -0.459. The summed E-state index contributed by atoms with van der Waals surface area (Å²) in [4.78, 5) is 33.1. The number of aromatic nitrogens is 1. The monoisotopic (exact) mass is 442 g/mol. The number of nitrogens with zero attached hydrogens (tertiary/aromatic N) is 3. The molecule has 5 rings (SSSR count). The van der Waals surface area contributed by atoms with Crippen LogP contribution >= 0.6 is 0 Å². The number of amides is 2. The third kappa shape index (κ3) is 4.65. The highest BCUT2D eigenvalue weighted by molar-refractivity contribution is 5.94. The average Bonchev–Trinajstić information content (AvgIpc) is 3.26. The topological polar surface area (TPSA) is 88.8 Å². The van der Waals surface area contributed by atoms with Crippen molar-refractivity contribution in [3.63, 3.8) is 0 Å². The van der Waals surface area contributed by atoms with E-state index in [2.05, 4.69) is 22.0 Å². The predicted molar refractivity (Wildman–Crippen MR) is 124 cm³/mol. The van der Waals surface area contributed by atoms with Crippen LogP contribution in [0.2, 0.25) is 0 Å². The summed E-state index contributed by atoms with van der Waals surface area (Å²) >= 11 is 0.